The van der Waals surface area contributed by atoms with Gasteiger partial charge in [-0.15, -0.1) is 0 Å². The van der Waals surface area contributed by atoms with Crippen LogP contribution in [0.4, 0.5) is 0 Å². The second-order valence-electron chi connectivity index (χ2n) is 4.21. The van der Waals surface area contributed by atoms with Crippen LogP contribution in [-0.2, 0) is 0 Å². The fourth-order valence-corrected chi connectivity index (χ4v) is 1.98. The molecule has 0 saturated carbocycles. The van der Waals surface area contributed by atoms with E-state index in [1.807, 2.05) is 0 Å². The second kappa shape index (κ2) is 8.31. The number of benzene rings is 1. The standard InChI is InChI=1S/C14H20N2O4S/c1-18-10-7-6-9(12(19-2)13(10)20-3)14(17)16-8-4-5-11(15)21/h6-7H,4-5,8H2,1-3H3,(H2,15,21)(H,16,17). The maximum Gasteiger partial charge on any atom is 0.255 e. The predicted octanol–water partition coefficient (Wildman–Crippen LogP) is 1.51. The molecule has 1 amide bonds. The Hall–Kier alpha value is -2.02. The zero-order valence-electron chi connectivity index (χ0n) is 12.4. The first-order chi connectivity index (χ1) is 10.0. The predicted molar refractivity (Wildman–Crippen MR) is 84.5 cm³/mol. The summed E-state index contributed by atoms with van der Waals surface area (Å²) in [4.78, 5) is 12.6. The number of ether oxygens (including phenoxy) is 3. The zero-order valence-corrected chi connectivity index (χ0v) is 13.2. The van der Waals surface area contributed by atoms with E-state index in [2.05, 4.69) is 5.32 Å². The summed E-state index contributed by atoms with van der Waals surface area (Å²) < 4.78 is 15.7. The van der Waals surface area contributed by atoms with Gasteiger partial charge >= 0.3 is 0 Å². The van der Waals surface area contributed by atoms with E-state index in [9.17, 15) is 4.79 Å². The lowest BCUT2D eigenvalue weighted by atomic mass is 10.1. The summed E-state index contributed by atoms with van der Waals surface area (Å²) in [7, 11) is 4.48. The maximum atomic E-state index is 12.2. The van der Waals surface area contributed by atoms with Crippen molar-refractivity contribution in [2.75, 3.05) is 27.9 Å². The molecule has 1 aromatic rings. The number of carbonyl (C=O) groups excluding carboxylic acids is 1. The Labute approximate surface area is 129 Å². The lowest BCUT2D eigenvalue weighted by Crippen LogP contribution is -2.26. The van der Waals surface area contributed by atoms with Crippen LogP contribution >= 0.6 is 12.2 Å². The first kappa shape index (κ1) is 17.0. The molecule has 0 radical (unpaired) electrons. The summed E-state index contributed by atoms with van der Waals surface area (Å²) in [6, 6.07) is 3.29. The number of hydrogen-bond acceptors (Lipinski definition) is 5. The molecular weight excluding hydrogens is 292 g/mol. The van der Waals surface area contributed by atoms with Crippen molar-refractivity contribution >= 4 is 23.1 Å². The minimum Gasteiger partial charge on any atom is -0.493 e. The van der Waals surface area contributed by atoms with Gasteiger partial charge < -0.3 is 25.3 Å². The first-order valence-corrected chi connectivity index (χ1v) is 6.81. The molecule has 0 fully saturated rings. The third kappa shape index (κ3) is 4.49. The van der Waals surface area contributed by atoms with E-state index in [1.165, 1.54) is 21.3 Å². The smallest absolute Gasteiger partial charge is 0.255 e. The highest BCUT2D eigenvalue weighted by Crippen LogP contribution is 2.39. The normalized spacial score (nSPS) is 9.86. The van der Waals surface area contributed by atoms with E-state index >= 15 is 0 Å². The third-order valence-corrected chi connectivity index (χ3v) is 3.04. The molecule has 0 spiro atoms. The number of methoxy groups -OCH3 is 3. The fraction of sp³-hybridized carbons (Fsp3) is 0.429. The van der Waals surface area contributed by atoms with Crippen LogP contribution in [0.5, 0.6) is 17.2 Å². The number of rotatable bonds is 8. The van der Waals surface area contributed by atoms with Crippen molar-refractivity contribution in [1.82, 2.24) is 5.32 Å². The van der Waals surface area contributed by atoms with Crippen molar-refractivity contribution in [3.63, 3.8) is 0 Å². The summed E-state index contributed by atoms with van der Waals surface area (Å²) in [5, 5.41) is 2.79. The Morgan fingerprint density at radius 2 is 1.86 bits per heavy atom. The van der Waals surface area contributed by atoms with Crippen LogP contribution in [0.25, 0.3) is 0 Å². The van der Waals surface area contributed by atoms with Gasteiger partial charge in [0.05, 0.1) is 31.9 Å². The molecule has 0 aliphatic rings. The van der Waals surface area contributed by atoms with Crippen LogP contribution in [0.3, 0.4) is 0 Å². The Morgan fingerprint density at radius 1 is 1.19 bits per heavy atom. The number of thiocarbonyl (C=S) groups is 1. The molecule has 116 valence electrons. The van der Waals surface area contributed by atoms with Crippen LogP contribution in [0, 0.1) is 0 Å². The van der Waals surface area contributed by atoms with Gasteiger partial charge in [0.15, 0.2) is 11.5 Å². The van der Waals surface area contributed by atoms with Crippen molar-refractivity contribution < 1.29 is 19.0 Å². The monoisotopic (exact) mass is 312 g/mol. The lowest BCUT2D eigenvalue weighted by Gasteiger charge is -2.15. The summed E-state index contributed by atoms with van der Waals surface area (Å²) in [5.41, 5.74) is 5.78. The number of hydrogen-bond donors (Lipinski definition) is 2. The summed E-state index contributed by atoms with van der Waals surface area (Å²) in [6.45, 7) is 0.480. The molecule has 0 aliphatic carbocycles. The van der Waals surface area contributed by atoms with Gasteiger partial charge in [0, 0.05) is 6.54 Å². The van der Waals surface area contributed by atoms with Crippen molar-refractivity contribution in [2.45, 2.75) is 12.8 Å². The van der Waals surface area contributed by atoms with Gasteiger partial charge in [-0.3, -0.25) is 4.79 Å². The van der Waals surface area contributed by atoms with Crippen molar-refractivity contribution in [3.8, 4) is 17.2 Å². The quantitative estimate of drug-likeness (QED) is 0.559. The summed E-state index contributed by atoms with van der Waals surface area (Å²) >= 11 is 4.78. The Balaban J connectivity index is 2.86. The molecule has 3 N–H and O–H groups in total. The highest BCUT2D eigenvalue weighted by atomic mass is 32.1. The molecule has 21 heavy (non-hydrogen) atoms. The molecule has 0 bridgehead atoms. The highest BCUT2D eigenvalue weighted by Gasteiger charge is 2.20. The van der Waals surface area contributed by atoms with Crippen molar-refractivity contribution in [2.24, 2.45) is 5.73 Å². The van der Waals surface area contributed by atoms with E-state index in [0.29, 0.717) is 47.2 Å². The van der Waals surface area contributed by atoms with Gasteiger partial charge in [0.25, 0.3) is 5.91 Å². The molecule has 0 saturated heterocycles. The van der Waals surface area contributed by atoms with E-state index in [4.69, 9.17) is 32.2 Å². The molecule has 0 unspecified atom stereocenters. The van der Waals surface area contributed by atoms with Crippen LogP contribution in [0.15, 0.2) is 12.1 Å². The molecule has 6 nitrogen and oxygen atoms in total. The average Bonchev–Trinajstić information content (AvgIpc) is 2.49. The van der Waals surface area contributed by atoms with E-state index < -0.39 is 0 Å². The molecule has 1 aromatic carbocycles. The minimum atomic E-state index is -0.254. The molecule has 7 heteroatoms. The number of amides is 1. The molecular formula is C14H20N2O4S. The summed E-state index contributed by atoms with van der Waals surface area (Å²) in [5.74, 6) is 0.967. The lowest BCUT2D eigenvalue weighted by molar-refractivity contribution is 0.0949. The second-order valence-corrected chi connectivity index (χ2v) is 4.73. The fourth-order valence-electron chi connectivity index (χ4n) is 1.84. The maximum absolute atomic E-state index is 12.2. The van der Waals surface area contributed by atoms with E-state index in [1.54, 1.807) is 12.1 Å². The van der Waals surface area contributed by atoms with Crippen LogP contribution in [0.1, 0.15) is 23.2 Å². The van der Waals surface area contributed by atoms with Crippen LogP contribution in [0.2, 0.25) is 0 Å². The average molecular weight is 312 g/mol. The van der Waals surface area contributed by atoms with Gasteiger partial charge in [-0.25, -0.2) is 0 Å². The van der Waals surface area contributed by atoms with Gasteiger partial charge in [-0.1, -0.05) is 12.2 Å². The molecule has 0 heterocycles. The molecule has 1 rings (SSSR count). The highest BCUT2D eigenvalue weighted by molar-refractivity contribution is 7.80. The Bertz CT molecular complexity index is 520. The number of nitrogens with two attached hydrogens (primary N) is 1. The van der Waals surface area contributed by atoms with Crippen LogP contribution in [-0.4, -0.2) is 38.8 Å². The Morgan fingerprint density at radius 3 is 2.38 bits per heavy atom. The SMILES string of the molecule is COc1ccc(C(=O)NCCCC(N)=S)c(OC)c1OC. The van der Waals surface area contributed by atoms with Gasteiger partial charge in [0.1, 0.15) is 0 Å². The first-order valence-electron chi connectivity index (χ1n) is 6.40. The topological polar surface area (TPSA) is 82.8 Å². The van der Waals surface area contributed by atoms with E-state index in [-0.39, 0.29) is 5.91 Å². The van der Waals surface area contributed by atoms with Crippen LogP contribution < -0.4 is 25.3 Å². The van der Waals surface area contributed by atoms with Gasteiger partial charge in [-0.05, 0) is 25.0 Å². The van der Waals surface area contributed by atoms with Gasteiger partial charge in [0.2, 0.25) is 5.75 Å². The number of carbonyl (C=O) groups is 1. The zero-order chi connectivity index (χ0) is 15.8. The molecule has 0 aliphatic heterocycles. The molecule has 0 aromatic heterocycles. The van der Waals surface area contributed by atoms with Crippen molar-refractivity contribution in [1.29, 1.82) is 0 Å². The minimum absolute atomic E-state index is 0.254. The Kier molecular flexibility index (Phi) is 6.74. The van der Waals surface area contributed by atoms with E-state index in [0.717, 1.165) is 0 Å². The molecule has 0 atom stereocenters. The van der Waals surface area contributed by atoms with Crippen molar-refractivity contribution in [3.05, 3.63) is 17.7 Å². The van der Waals surface area contributed by atoms with Gasteiger partial charge in [-0.2, -0.15) is 0 Å². The number of nitrogens with one attached hydrogen (secondary N) is 1. The largest absolute Gasteiger partial charge is 0.493 e. The third-order valence-electron chi connectivity index (χ3n) is 2.83. The summed E-state index contributed by atoms with van der Waals surface area (Å²) in [6.07, 6.45) is 1.29.